The van der Waals surface area contributed by atoms with Crippen LogP contribution >= 0.6 is 34.3 Å². The number of anilines is 2. The van der Waals surface area contributed by atoms with Gasteiger partial charge in [0.25, 0.3) is 0 Å². The van der Waals surface area contributed by atoms with Gasteiger partial charge in [-0.15, -0.1) is 0 Å². The largest absolute Gasteiger partial charge is 0.494 e. The molecule has 4 aromatic rings. The van der Waals surface area contributed by atoms with E-state index < -0.39 is 0 Å². The number of piperazine rings is 1. The van der Waals surface area contributed by atoms with E-state index in [1.165, 1.54) is 10.3 Å². The average Bonchev–Trinajstić information content (AvgIpc) is 3.41. The first-order chi connectivity index (χ1) is 14.6. The fraction of sp³-hybridized carbons (Fsp3) is 0.333. The van der Waals surface area contributed by atoms with E-state index in [0.717, 1.165) is 63.7 Å². The summed E-state index contributed by atoms with van der Waals surface area (Å²) in [4.78, 5) is 14.4. The minimum absolute atomic E-state index is 0.715. The van der Waals surface area contributed by atoms with Gasteiger partial charge in [-0.2, -0.15) is 0 Å². The number of nitrogens with zero attached hydrogens (tertiary/aromatic N) is 4. The number of halogens is 1. The maximum Gasteiger partial charge on any atom is 0.186 e. The second-order valence-electron chi connectivity index (χ2n) is 7.16. The smallest absolute Gasteiger partial charge is 0.186 e. The van der Waals surface area contributed by atoms with Crippen molar-refractivity contribution in [1.29, 1.82) is 0 Å². The van der Waals surface area contributed by atoms with Crippen LogP contribution < -0.4 is 19.3 Å². The first kappa shape index (κ1) is 19.7. The first-order valence-electron chi connectivity index (χ1n) is 9.66. The fourth-order valence-electron chi connectivity index (χ4n) is 3.73. The second kappa shape index (κ2) is 7.76. The van der Waals surface area contributed by atoms with Gasteiger partial charge in [0.1, 0.15) is 22.5 Å². The Balaban J connectivity index is 1.38. The lowest BCUT2D eigenvalue weighted by atomic mass is 10.2. The number of fused-ring (bicyclic) bond motifs is 2. The Kier molecular flexibility index (Phi) is 5.08. The van der Waals surface area contributed by atoms with Gasteiger partial charge in [0.2, 0.25) is 0 Å². The summed E-state index contributed by atoms with van der Waals surface area (Å²) in [6, 6.07) is 7.82. The molecule has 0 atom stereocenters. The van der Waals surface area contributed by atoms with Crippen molar-refractivity contribution in [3.8, 4) is 11.5 Å². The van der Waals surface area contributed by atoms with Gasteiger partial charge in [-0.3, -0.25) is 0 Å². The van der Waals surface area contributed by atoms with Gasteiger partial charge in [-0.1, -0.05) is 40.3 Å². The monoisotopic (exact) mass is 460 g/mol. The highest BCUT2D eigenvalue weighted by Gasteiger charge is 2.24. The van der Waals surface area contributed by atoms with Crippen molar-refractivity contribution in [3.63, 3.8) is 0 Å². The zero-order valence-corrected chi connectivity index (χ0v) is 19.3. The lowest BCUT2D eigenvalue weighted by Gasteiger charge is -2.34. The molecule has 0 saturated carbocycles. The molecule has 9 heteroatoms. The Morgan fingerprint density at radius 3 is 1.87 bits per heavy atom. The summed E-state index contributed by atoms with van der Waals surface area (Å²) < 4.78 is 13.1. The third-order valence-electron chi connectivity index (χ3n) is 5.40. The molecule has 2 aromatic carbocycles. The molecule has 0 N–H and O–H groups in total. The lowest BCUT2D eigenvalue weighted by Crippen LogP contribution is -2.46. The van der Waals surface area contributed by atoms with E-state index in [1.807, 2.05) is 18.2 Å². The highest BCUT2D eigenvalue weighted by Crippen LogP contribution is 2.40. The van der Waals surface area contributed by atoms with Crippen LogP contribution in [0.2, 0.25) is 5.02 Å². The van der Waals surface area contributed by atoms with Crippen LogP contribution in [-0.2, 0) is 0 Å². The van der Waals surface area contributed by atoms with Crippen molar-refractivity contribution in [2.24, 2.45) is 0 Å². The Morgan fingerprint density at radius 2 is 1.30 bits per heavy atom. The van der Waals surface area contributed by atoms with Gasteiger partial charge < -0.3 is 19.3 Å². The molecule has 2 aromatic heterocycles. The minimum Gasteiger partial charge on any atom is -0.494 e. The van der Waals surface area contributed by atoms with Crippen LogP contribution in [0, 0.1) is 6.92 Å². The summed E-state index contributed by atoms with van der Waals surface area (Å²) in [7, 11) is 3.36. The molecule has 1 aliphatic heterocycles. The molecule has 0 aliphatic carbocycles. The number of aromatic nitrogens is 2. The minimum atomic E-state index is 0.715. The van der Waals surface area contributed by atoms with Gasteiger partial charge in [-0.05, 0) is 30.7 Å². The number of benzene rings is 2. The predicted molar refractivity (Wildman–Crippen MR) is 127 cm³/mol. The number of hydrogen-bond donors (Lipinski definition) is 0. The molecule has 0 unspecified atom stereocenters. The maximum atomic E-state index is 6.39. The van der Waals surface area contributed by atoms with E-state index in [1.54, 1.807) is 36.9 Å². The van der Waals surface area contributed by atoms with Crippen LogP contribution in [0.15, 0.2) is 24.3 Å². The van der Waals surface area contributed by atoms with Crippen molar-refractivity contribution in [2.45, 2.75) is 6.92 Å². The zero-order chi connectivity index (χ0) is 20.8. The summed E-state index contributed by atoms with van der Waals surface area (Å²) in [6.45, 7) is 5.66. The van der Waals surface area contributed by atoms with Crippen LogP contribution in [0.4, 0.5) is 10.3 Å². The maximum absolute atomic E-state index is 6.39. The van der Waals surface area contributed by atoms with Crippen LogP contribution in [0.5, 0.6) is 11.5 Å². The van der Waals surface area contributed by atoms with E-state index in [9.17, 15) is 0 Å². The zero-order valence-electron chi connectivity index (χ0n) is 16.9. The predicted octanol–water partition coefficient (Wildman–Crippen LogP) is 5.21. The molecule has 156 valence electrons. The quantitative estimate of drug-likeness (QED) is 0.416. The van der Waals surface area contributed by atoms with E-state index in [-0.39, 0.29) is 0 Å². The molecule has 0 bridgehead atoms. The number of rotatable bonds is 4. The number of thiazole rings is 2. The normalized spacial score (nSPS) is 14.7. The van der Waals surface area contributed by atoms with Gasteiger partial charge in [0.05, 0.1) is 28.6 Å². The number of ether oxygens (including phenoxy) is 2. The molecule has 30 heavy (non-hydrogen) atoms. The van der Waals surface area contributed by atoms with Crippen molar-refractivity contribution < 1.29 is 9.47 Å². The average molecular weight is 461 g/mol. The standard InChI is InChI=1S/C21H21ClN4O2S2/c1-12-4-6-14(27-2)16-18(12)29-20(23-16)25-8-10-26(11-9-25)21-24-17-15(28-3)7-5-13(22)19(17)30-21/h4-7H,8-11H2,1-3H3. The molecule has 5 rings (SSSR count). The van der Waals surface area contributed by atoms with Crippen molar-refractivity contribution in [3.05, 3.63) is 34.9 Å². The van der Waals surface area contributed by atoms with E-state index in [4.69, 9.17) is 31.0 Å². The number of hydrogen-bond acceptors (Lipinski definition) is 8. The molecule has 0 radical (unpaired) electrons. The van der Waals surface area contributed by atoms with Crippen molar-refractivity contribution in [1.82, 2.24) is 9.97 Å². The summed E-state index contributed by atoms with van der Waals surface area (Å²) >= 11 is 9.75. The Morgan fingerprint density at radius 1 is 0.800 bits per heavy atom. The summed E-state index contributed by atoms with van der Waals surface area (Å²) in [5, 5.41) is 2.75. The molecule has 3 heterocycles. The SMILES string of the molecule is COc1ccc(C)c2sc(N3CCN(c4nc5c(OC)ccc(Cl)c5s4)CC3)nc12. The fourth-order valence-corrected chi connectivity index (χ4v) is 6.14. The molecule has 0 spiro atoms. The summed E-state index contributed by atoms with van der Waals surface area (Å²) in [6.07, 6.45) is 0. The number of methoxy groups -OCH3 is 2. The highest BCUT2D eigenvalue weighted by molar-refractivity contribution is 7.23. The second-order valence-corrected chi connectivity index (χ2v) is 9.52. The Labute approximate surface area is 187 Å². The van der Waals surface area contributed by atoms with E-state index in [0.29, 0.717) is 5.02 Å². The van der Waals surface area contributed by atoms with Gasteiger partial charge in [0, 0.05) is 26.2 Å². The van der Waals surface area contributed by atoms with E-state index in [2.05, 4.69) is 22.8 Å². The van der Waals surface area contributed by atoms with E-state index >= 15 is 0 Å². The lowest BCUT2D eigenvalue weighted by molar-refractivity contribution is 0.419. The molecular weight excluding hydrogens is 440 g/mol. The molecule has 1 aliphatic rings. The third kappa shape index (κ3) is 3.23. The van der Waals surface area contributed by atoms with Gasteiger partial charge >= 0.3 is 0 Å². The summed E-state index contributed by atoms with van der Waals surface area (Å²) in [5.74, 6) is 1.59. The first-order valence-corrected chi connectivity index (χ1v) is 11.7. The molecule has 1 fully saturated rings. The van der Waals surface area contributed by atoms with Crippen LogP contribution in [-0.4, -0.2) is 50.4 Å². The molecule has 1 saturated heterocycles. The Bertz CT molecular complexity index is 1130. The molecular formula is C21H21ClN4O2S2. The van der Waals surface area contributed by atoms with Crippen LogP contribution in [0.25, 0.3) is 20.4 Å². The topological polar surface area (TPSA) is 50.7 Å². The van der Waals surface area contributed by atoms with Gasteiger partial charge in [-0.25, -0.2) is 9.97 Å². The molecule has 6 nitrogen and oxygen atoms in total. The third-order valence-corrected chi connectivity index (χ3v) is 8.23. The van der Waals surface area contributed by atoms with Crippen LogP contribution in [0.1, 0.15) is 5.56 Å². The highest BCUT2D eigenvalue weighted by atomic mass is 35.5. The van der Waals surface area contributed by atoms with Crippen molar-refractivity contribution in [2.75, 3.05) is 50.2 Å². The van der Waals surface area contributed by atoms with Gasteiger partial charge in [0.15, 0.2) is 10.3 Å². The Hall–Kier alpha value is -2.29. The molecule has 0 amide bonds. The van der Waals surface area contributed by atoms with Crippen molar-refractivity contribution >= 4 is 65.0 Å². The summed E-state index contributed by atoms with van der Waals surface area (Å²) in [5.41, 5.74) is 3.02. The number of aryl methyl sites for hydroxylation is 1. The van der Waals surface area contributed by atoms with Crippen LogP contribution in [0.3, 0.4) is 0 Å².